The van der Waals surface area contributed by atoms with E-state index in [1.54, 1.807) is 45.4 Å². The van der Waals surface area contributed by atoms with E-state index >= 15 is 0 Å². The number of benzene rings is 3. The second-order valence-electron chi connectivity index (χ2n) is 7.61. The first kappa shape index (κ1) is 24.8. The van der Waals surface area contributed by atoms with Gasteiger partial charge < -0.3 is 14.6 Å². The van der Waals surface area contributed by atoms with Crippen molar-refractivity contribution in [2.24, 2.45) is 5.10 Å². The fourth-order valence-electron chi connectivity index (χ4n) is 3.40. The quantitative estimate of drug-likeness (QED) is 0.199. The van der Waals surface area contributed by atoms with Crippen LogP contribution in [0.3, 0.4) is 0 Å². The minimum atomic E-state index is -0.315. The largest absolute Gasteiger partial charge is 0.507 e. The fraction of sp³-hybridized carbons (Fsp3) is 0.154. The van der Waals surface area contributed by atoms with Gasteiger partial charge in [0.25, 0.3) is 5.91 Å². The molecule has 1 heterocycles. The Balaban J connectivity index is 1.55. The van der Waals surface area contributed by atoms with Crippen molar-refractivity contribution >= 4 is 23.4 Å². The molecule has 0 unspecified atom stereocenters. The maximum absolute atomic E-state index is 12.5. The Morgan fingerprint density at radius 3 is 2.25 bits per heavy atom. The van der Waals surface area contributed by atoms with E-state index in [4.69, 9.17) is 9.47 Å². The zero-order valence-corrected chi connectivity index (χ0v) is 20.8. The van der Waals surface area contributed by atoms with Crippen LogP contribution in [0.5, 0.6) is 17.2 Å². The molecule has 9 nitrogen and oxygen atoms in total. The van der Waals surface area contributed by atoms with Gasteiger partial charge in [0.1, 0.15) is 17.2 Å². The molecule has 0 spiro atoms. The van der Waals surface area contributed by atoms with E-state index in [9.17, 15) is 9.90 Å². The normalized spacial score (nSPS) is 11.2. The van der Waals surface area contributed by atoms with Crippen molar-refractivity contribution in [3.8, 4) is 34.3 Å². The summed E-state index contributed by atoms with van der Waals surface area (Å²) in [5.41, 5.74) is 5.25. The molecule has 0 saturated carbocycles. The van der Waals surface area contributed by atoms with Gasteiger partial charge in [0.05, 0.1) is 25.7 Å². The highest BCUT2D eigenvalue weighted by Gasteiger charge is 2.18. The van der Waals surface area contributed by atoms with Crippen LogP contribution < -0.4 is 14.9 Å². The number of hydrazone groups is 1. The number of phenols is 1. The van der Waals surface area contributed by atoms with Gasteiger partial charge in [0, 0.05) is 16.8 Å². The number of aromatic nitrogens is 3. The van der Waals surface area contributed by atoms with E-state index < -0.39 is 0 Å². The van der Waals surface area contributed by atoms with Crippen molar-refractivity contribution in [3.63, 3.8) is 0 Å². The summed E-state index contributed by atoms with van der Waals surface area (Å²) in [5, 5.41) is 23.4. The van der Waals surface area contributed by atoms with Crippen molar-refractivity contribution in [2.45, 2.75) is 12.1 Å². The van der Waals surface area contributed by atoms with E-state index in [1.807, 2.05) is 53.1 Å². The highest BCUT2D eigenvalue weighted by atomic mass is 32.2. The van der Waals surface area contributed by atoms with Crippen LogP contribution in [0, 0.1) is 0 Å². The maximum Gasteiger partial charge on any atom is 0.250 e. The number of rotatable bonds is 9. The fourth-order valence-corrected chi connectivity index (χ4v) is 4.15. The molecule has 0 saturated heterocycles. The van der Waals surface area contributed by atoms with Crippen molar-refractivity contribution < 1.29 is 19.4 Å². The molecule has 10 heteroatoms. The Kier molecular flexibility index (Phi) is 7.86. The molecule has 2 N–H and O–H groups in total. The molecular weight excluding hydrogens is 478 g/mol. The number of hydrogen-bond acceptors (Lipinski definition) is 8. The number of hydrogen-bond donors (Lipinski definition) is 2. The molecule has 4 rings (SSSR count). The minimum absolute atomic E-state index is 0.0639. The molecule has 1 aromatic heterocycles. The molecule has 36 heavy (non-hydrogen) atoms. The molecule has 4 aromatic rings. The summed E-state index contributed by atoms with van der Waals surface area (Å²) in [6, 6.07) is 21.8. The van der Waals surface area contributed by atoms with Crippen LogP contribution in [0.25, 0.3) is 17.1 Å². The smallest absolute Gasteiger partial charge is 0.250 e. The lowest BCUT2D eigenvalue weighted by molar-refractivity contribution is -0.118. The average Bonchev–Trinajstić information content (AvgIpc) is 3.34. The number of carbonyl (C=O) groups is 1. The predicted octanol–water partition coefficient (Wildman–Crippen LogP) is 4.29. The molecular formula is C26H25N5O4S. The van der Waals surface area contributed by atoms with E-state index in [0.29, 0.717) is 22.3 Å². The van der Waals surface area contributed by atoms with Gasteiger partial charge in [-0.15, -0.1) is 10.2 Å². The molecule has 0 aliphatic heterocycles. The van der Waals surface area contributed by atoms with Crippen molar-refractivity contribution in [2.75, 3.05) is 20.0 Å². The Labute approximate surface area is 212 Å². The zero-order chi connectivity index (χ0) is 25.5. The van der Waals surface area contributed by atoms with Crippen LogP contribution in [-0.2, 0) is 4.79 Å². The van der Waals surface area contributed by atoms with Gasteiger partial charge in [-0.2, -0.15) is 5.10 Å². The summed E-state index contributed by atoms with van der Waals surface area (Å²) in [5.74, 6) is 1.93. The van der Waals surface area contributed by atoms with Gasteiger partial charge in [-0.05, 0) is 67.6 Å². The van der Waals surface area contributed by atoms with Crippen molar-refractivity contribution in [1.82, 2.24) is 20.2 Å². The summed E-state index contributed by atoms with van der Waals surface area (Å²) in [4.78, 5) is 12.5. The van der Waals surface area contributed by atoms with Crippen LogP contribution in [0.4, 0.5) is 0 Å². The van der Waals surface area contributed by atoms with Gasteiger partial charge in [-0.25, -0.2) is 5.43 Å². The molecule has 1 amide bonds. The lowest BCUT2D eigenvalue weighted by Gasteiger charge is -2.11. The molecule has 0 aliphatic carbocycles. The molecule has 0 radical (unpaired) electrons. The number of aromatic hydroxyl groups is 1. The molecule has 0 aliphatic rings. The van der Waals surface area contributed by atoms with Crippen LogP contribution in [0.2, 0.25) is 0 Å². The van der Waals surface area contributed by atoms with Gasteiger partial charge in [0.2, 0.25) is 0 Å². The Hall–Kier alpha value is -4.31. The zero-order valence-electron chi connectivity index (χ0n) is 20.0. The third kappa shape index (κ3) is 5.66. The number of carbonyl (C=O) groups excluding carboxylic acids is 1. The SMILES string of the molecule is COc1ccc(-c2nnc(SCC(=O)N/N=C(/C)c3ccccc3O)n2-c2ccc(OC)cc2)cc1. The van der Waals surface area contributed by atoms with Crippen molar-refractivity contribution in [1.29, 1.82) is 0 Å². The number of para-hydroxylation sites is 1. The van der Waals surface area contributed by atoms with E-state index in [-0.39, 0.29) is 17.4 Å². The molecule has 184 valence electrons. The number of methoxy groups -OCH3 is 2. The first-order valence-corrected chi connectivity index (χ1v) is 12.0. The van der Waals surface area contributed by atoms with Crippen LogP contribution in [-0.4, -0.2) is 51.5 Å². The van der Waals surface area contributed by atoms with Gasteiger partial charge >= 0.3 is 0 Å². The minimum Gasteiger partial charge on any atom is -0.507 e. The predicted molar refractivity (Wildman–Crippen MR) is 139 cm³/mol. The van der Waals surface area contributed by atoms with E-state index in [2.05, 4.69) is 20.7 Å². The number of amides is 1. The third-order valence-electron chi connectivity index (χ3n) is 5.29. The number of phenolic OH excluding ortho intramolecular Hbond substituents is 1. The van der Waals surface area contributed by atoms with Crippen molar-refractivity contribution in [3.05, 3.63) is 78.4 Å². The van der Waals surface area contributed by atoms with Gasteiger partial charge in [-0.1, -0.05) is 23.9 Å². The van der Waals surface area contributed by atoms with Gasteiger partial charge in [-0.3, -0.25) is 9.36 Å². The average molecular weight is 504 g/mol. The molecule has 3 aromatic carbocycles. The maximum atomic E-state index is 12.5. The second-order valence-corrected chi connectivity index (χ2v) is 8.55. The third-order valence-corrected chi connectivity index (χ3v) is 6.22. The summed E-state index contributed by atoms with van der Waals surface area (Å²) < 4.78 is 12.4. The second kappa shape index (κ2) is 11.4. The van der Waals surface area contributed by atoms with E-state index in [1.165, 1.54) is 11.8 Å². The Morgan fingerprint density at radius 2 is 1.61 bits per heavy atom. The summed E-state index contributed by atoms with van der Waals surface area (Å²) >= 11 is 1.24. The lowest BCUT2D eigenvalue weighted by atomic mass is 10.1. The molecule has 0 bridgehead atoms. The van der Waals surface area contributed by atoms with Crippen LogP contribution >= 0.6 is 11.8 Å². The first-order valence-electron chi connectivity index (χ1n) is 11.0. The Bertz CT molecular complexity index is 1370. The van der Waals surface area contributed by atoms with Gasteiger partial charge in [0.15, 0.2) is 11.0 Å². The van der Waals surface area contributed by atoms with Crippen LogP contribution in [0.1, 0.15) is 12.5 Å². The van der Waals surface area contributed by atoms with E-state index in [0.717, 1.165) is 22.7 Å². The monoisotopic (exact) mass is 503 g/mol. The highest BCUT2D eigenvalue weighted by Crippen LogP contribution is 2.29. The molecule has 0 fully saturated rings. The summed E-state index contributed by atoms with van der Waals surface area (Å²) in [7, 11) is 3.22. The van der Waals surface area contributed by atoms with Crippen LogP contribution in [0.15, 0.2) is 83.1 Å². The number of nitrogens with one attached hydrogen (secondary N) is 1. The number of nitrogens with zero attached hydrogens (tertiary/aromatic N) is 4. The topological polar surface area (TPSA) is 111 Å². The highest BCUT2D eigenvalue weighted by molar-refractivity contribution is 7.99. The standard InChI is InChI=1S/C26H25N5O4S/c1-17(22-6-4-5-7-23(22)32)27-28-24(33)16-36-26-30-29-25(18-8-12-20(34-2)13-9-18)31(26)19-10-14-21(35-3)15-11-19/h4-15,32H,16H2,1-3H3,(H,28,33)/b27-17-. The molecule has 0 atom stereocenters. The number of ether oxygens (including phenoxy) is 2. The lowest BCUT2D eigenvalue weighted by Crippen LogP contribution is -2.21. The Morgan fingerprint density at radius 1 is 0.972 bits per heavy atom. The number of thioether (sulfide) groups is 1. The first-order chi connectivity index (χ1) is 17.5. The summed E-state index contributed by atoms with van der Waals surface area (Å²) in [6.07, 6.45) is 0. The summed E-state index contributed by atoms with van der Waals surface area (Å²) in [6.45, 7) is 1.71.